The number of alkyl carbamates (subject to hydrolysis) is 1. The summed E-state index contributed by atoms with van der Waals surface area (Å²) < 4.78 is 7.48. The highest BCUT2D eigenvalue weighted by Gasteiger charge is 2.33. The number of hydrogen-bond acceptors (Lipinski definition) is 4. The van der Waals surface area contributed by atoms with Crippen molar-refractivity contribution in [2.45, 2.75) is 50.8 Å². The number of hydrogen-bond donors (Lipinski definition) is 1. The minimum Gasteiger partial charge on any atom is -0.445 e. The molecule has 4 rings (SSSR count). The van der Waals surface area contributed by atoms with Gasteiger partial charge in [-0.1, -0.05) is 30.3 Å². The summed E-state index contributed by atoms with van der Waals surface area (Å²) in [6.07, 6.45) is 3.78. The summed E-state index contributed by atoms with van der Waals surface area (Å²) in [6, 6.07) is 9.78. The molecule has 1 atom stereocenters. The fourth-order valence-electron chi connectivity index (χ4n) is 3.04. The van der Waals surface area contributed by atoms with Crippen molar-refractivity contribution in [3.8, 4) is 0 Å². The van der Waals surface area contributed by atoms with E-state index in [-0.39, 0.29) is 12.1 Å². The van der Waals surface area contributed by atoms with Gasteiger partial charge in [-0.25, -0.2) is 4.79 Å². The molecule has 0 bridgehead atoms. The van der Waals surface area contributed by atoms with Crippen molar-refractivity contribution in [3.63, 3.8) is 0 Å². The number of benzene rings is 1. The Hall–Kier alpha value is -2.37. The number of nitrogens with one attached hydrogen (secondary N) is 1. The van der Waals surface area contributed by atoms with E-state index in [4.69, 9.17) is 4.74 Å². The predicted molar refractivity (Wildman–Crippen MR) is 83.9 cm³/mol. The van der Waals surface area contributed by atoms with E-state index >= 15 is 0 Å². The number of rotatable bonds is 4. The van der Waals surface area contributed by atoms with E-state index in [1.807, 2.05) is 30.3 Å². The number of fused-ring (bicyclic) bond motifs is 1. The molecular weight excluding hydrogens is 292 g/mol. The molecule has 2 aliphatic rings. The first-order chi connectivity index (χ1) is 11.3. The maximum absolute atomic E-state index is 12.0. The molecule has 120 valence electrons. The highest BCUT2D eigenvalue weighted by Crippen LogP contribution is 2.39. The first-order valence-corrected chi connectivity index (χ1v) is 8.19. The van der Waals surface area contributed by atoms with Crippen molar-refractivity contribution in [2.75, 3.05) is 0 Å². The van der Waals surface area contributed by atoms with Crippen LogP contribution in [0.5, 0.6) is 0 Å². The van der Waals surface area contributed by atoms with E-state index in [2.05, 4.69) is 20.1 Å². The van der Waals surface area contributed by atoms with Crippen molar-refractivity contribution in [3.05, 3.63) is 47.5 Å². The summed E-state index contributed by atoms with van der Waals surface area (Å²) in [6.45, 7) is 1.04. The van der Waals surface area contributed by atoms with E-state index in [9.17, 15) is 4.79 Å². The zero-order valence-corrected chi connectivity index (χ0v) is 12.9. The van der Waals surface area contributed by atoms with Gasteiger partial charge in [0.2, 0.25) is 0 Å². The smallest absolute Gasteiger partial charge is 0.407 e. The van der Waals surface area contributed by atoms with Crippen LogP contribution in [0.1, 0.15) is 42.4 Å². The monoisotopic (exact) mass is 312 g/mol. The van der Waals surface area contributed by atoms with Gasteiger partial charge in [-0.2, -0.15) is 0 Å². The predicted octanol–water partition coefficient (Wildman–Crippen LogP) is 2.40. The molecule has 1 N–H and O–H groups in total. The fourth-order valence-corrected chi connectivity index (χ4v) is 3.04. The second kappa shape index (κ2) is 6.02. The highest BCUT2D eigenvalue weighted by atomic mass is 16.5. The number of aromatic nitrogens is 3. The largest absolute Gasteiger partial charge is 0.445 e. The van der Waals surface area contributed by atoms with Gasteiger partial charge in [0, 0.05) is 18.9 Å². The first kappa shape index (κ1) is 14.2. The molecule has 1 aliphatic carbocycles. The van der Waals surface area contributed by atoms with Crippen LogP contribution in [0.2, 0.25) is 0 Å². The Morgan fingerprint density at radius 2 is 2.04 bits per heavy atom. The molecule has 1 aliphatic heterocycles. The van der Waals surface area contributed by atoms with Gasteiger partial charge in [-0.05, 0) is 24.8 Å². The number of amides is 1. The topological polar surface area (TPSA) is 69.0 Å². The van der Waals surface area contributed by atoms with Crippen LogP contribution < -0.4 is 5.32 Å². The molecule has 6 heteroatoms. The average molecular weight is 312 g/mol. The molecule has 0 radical (unpaired) electrons. The maximum Gasteiger partial charge on any atom is 0.407 e. The third-order valence-corrected chi connectivity index (χ3v) is 4.45. The molecule has 1 amide bonds. The quantitative estimate of drug-likeness (QED) is 0.941. The highest BCUT2D eigenvalue weighted by molar-refractivity contribution is 5.67. The maximum atomic E-state index is 12.0. The van der Waals surface area contributed by atoms with Crippen molar-refractivity contribution in [2.24, 2.45) is 0 Å². The van der Waals surface area contributed by atoms with Crippen molar-refractivity contribution < 1.29 is 9.53 Å². The summed E-state index contributed by atoms with van der Waals surface area (Å²) in [7, 11) is 0. The third-order valence-electron chi connectivity index (χ3n) is 4.45. The molecular formula is C17H20N4O2. The molecule has 1 fully saturated rings. The lowest BCUT2D eigenvalue weighted by Crippen LogP contribution is -2.41. The molecule has 23 heavy (non-hydrogen) atoms. The molecule has 2 heterocycles. The zero-order valence-electron chi connectivity index (χ0n) is 12.9. The Labute approximate surface area is 134 Å². The van der Waals surface area contributed by atoms with Gasteiger partial charge in [-0.3, -0.25) is 0 Å². The summed E-state index contributed by atoms with van der Waals surface area (Å²) >= 11 is 0. The normalized spacial score (nSPS) is 19.9. The Bertz CT molecular complexity index is 694. The number of nitrogens with zero attached hydrogens (tertiary/aromatic N) is 3. The number of ether oxygens (including phenoxy) is 1. The van der Waals surface area contributed by atoms with Gasteiger partial charge >= 0.3 is 6.09 Å². The summed E-state index contributed by atoms with van der Waals surface area (Å²) in [5.41, 5.74) is 0.989. The van der Waals surface area contributed by atoms with Gasteiger partial charge in [0.05, 0.1) is 6.04 Å². The molecule has 6 nitrogen and oxygen atoms in total. The van der Waals surface area contributed by atoms with Gasteiger partial charge in [0.1, 0.15) is 18.3 Å². The lowest BCUT2D eigenvalue weighted by atomic mass is 10.1. The van der Waals surface area contributed by atoms with E-state index in [1.54, 1.807) is 0 Å². The zero-order chi connectivity index (χ0) is 15.6. The van der Waals surface area contributed by atoms with Crippen molar-refractivity contribution in [1.29, 1.82) is 0 Å². The first-order valence-electron chi connectivity index (χ1n) is 8.19. The molecule has 1 unspecified atom stereocenters. The lowest BCUT2D eigenvalue weighted by Gasteiger charge is -2.25. The van der Waals surface area contributed by atoms with Crippen LogP contribution in [0.3, 0.4) is 0 Å². The molecule has 1 aromatic carbocycles. The fraction of sp³-hybridized carbons (Fsp3) is 0.471. The van der Waals surface area contributed by atoms with Gasteiger partial charge in [0.15, 0.2) is 0 Å². The molecule has 1 aromatic heterocycles. The van der Waals surface area contributed by atoms with Crippen molar-refractivity contribution in [1.82, 2.24) is 20.1 Å². The Morgan fingerprint density at radius 1 is 1.22 bits per heavy atom. The van der Waals surface area contributed by atoms with Crippen LogP contribution in [0.15, 0.2) is 30.3 Å². The summed E-state index contributed by atoms with van der Waals surface area (Å²) in [5, 5.41) is 11.6. The molecule has 2 aromatic rings. The van der Waals surface area contributed by atoms with Crippen LogP contribution in [0.4, 0.5) is 4.79 Å². The van der Waals surface area contributed by atoms with Crippen molar-refractivity contribution >= 4 is 6.09 Å². The SMILES string of the molecule is O=C(NC1CCc2nnc(C3CC3)n2C1)OCc1ccccc1. The third kappa shape index (κ3) is 3.21. The minimum absolute atomic E-state index is 0.0827. The van der Waals surface area contributed by atoms with Crippen LogP contribution in [-0.2, 0) is 24.3 Å². The van der Waals surface area contributed by atoms with E-state index < -0.39 is 0 Å². The number of aryl methyl sites for hydroxylation is 1. The second-order valence-electron chi connectivity index (χ2n) is 6.30. The van der Waals surface area contributed by atoms with Gasteiger partial charge in [-0.15, -0.1) is 10.2 Å². The van der Waals surface area contributed by atoms with Crippen LogP contribution in [-0.4, -0.2) is 26.9 Å². The van der Waals surface area contributed by atoms with Gasteiger partial charge < -0.3 is 14.6 Å². The van der Waals surface area contributed by atoms with Crippen LogP contribution in [0.25, 0.3) is 0 Å². The molecule has 1 saturated carbocycles. The Kier molecular flexibility index (Phi) is 3.73. The van der Waals surface area contributed by atoms with E-state index in [1.165, 1.54) is 12.8 Å². The second-order valence-corrected chi connectivity index (χ2v) is 6.30. The van der Waals surface area contributed by atoms with E-state index in [0.717, 1.165) is 36.6 Å². The summed E-state index contributed by atoms with van der Waals surface area (Å²) in [4.78, 5) is 12.0. The summed E-state index contributed by atoms with van der Waals surface area (Å²) in [5.74, 6) is 2.70. The van der Waals surface area contributed by atoms with Gasteiger partial charge in [0.25, 0.3) is 0 Å². The molecule has 0 saturated heterocycles. The number of carbonyl (C=O) groups excluding carboxylic acids is 1. The van der Waals surface area contributed by atoms with Crippen LogP contribution >= 0.6 is 0 Å². The van der Waals surface area contributed by atoms with E-state index in [0.29, 0.717) is 12.5 Å². The Balaban J connectivity index is 1.32. The Morgan fingerprint density at radius 3 is 2.83 bits per heavy atom. The average Bonchev–Trinajstić information content (AvgIpc) is 3.34. The van der Waals surface area contributed by atoms with Crippen LogP contribution in [0, 0.1) is 0 Å². The number of carbonyl (C=O) groups is 1. The molecule has 0 spiro atoms. The standard InChI is InChI=1S/C17H20N4O2/c22-17(23-11-12-4-2-1-3-5-12)18-14-8-9-15-19-20-16(13-6-7-13)21(15)10-14/h1-5,13-14H,6-11H2,(H,18,22). The minimum atomic E-state index is -0.358. The lowest BCUT2D eigenvalue weighted by molar-refractivity contribution is 0.133.